The standard InChI is InChI=1S/C32H42F3N7O2/c1-30(2,3)25-13-11-22(12-14-25)27-29(44)42(31(39-27)16-5-4-6-17-31)20-24(15-18-32(33,34)35)21-7-9-23(10-8-21)28(43)38-19-26(36)40-41-37/h7-14,24,28,38,43H,4-6,15-20H2,1-3H3,(H3,36,37,40). The van der Waals surface area contributed by atoms with Gasteiger partial charge in [-0.2, -0.15) is 18.7 Å². The van der Waals surface area contributed by atoms with Gasteiger partial charge in [0.05, 0.1) is 6.54 Å². The van der Waals surface area contributed by atoms with E-state index in [0.717, 1.165) is 30.4 Å². The highest BCUT2D eigenvalue weighted by atomic mass is 19.4. The molecule has 1 amide bonds. The van der Waals surface area contributed by atoms with Crippen LogP contribution in [0.3, 0.4) is 0 Å². The van der Waals surface area contributed by atoms with Crippen LogP contribution in [0.5, 0.6) is 0 Å². The molecule has 2 aromatic rings. The SMILES string of the molecule is CC(C)(C)c1ccc(C2=NC3(CCCCC3)N(CC(CCC(F)(F)F)c3ccc(C(O)NC/C(N)=N/N=N)cc3)C2=O)cc1. The van der Waals surface area contributed by atoms with Crippen molar-refractivity contribution < 1.29 is 23.1 Å². The summed E-state index contributed by atoms with van der Waals surface area (Å²) in [6, 6.07) is 14.5. The molecule has 0 aromatic heterocycles. The van der Waals surface area contributed by atoms with Gasteiger partial charge in [-0.05, 0) is 54.2 Å². The van der Waals surface area contributed by atoms with Crippen molar-refractivity contribution in [3.8, 4) is 0 Å². The highest BCUT2D eigenvalue weighted by molar-refractivity contribution is 6.46. The second-order valence-electron chi connectivity index (χ2n) is 12.7. The molecule has 2 aromatic carbocycles. The maximum Gasteiger partial charge on any atom is 0.389 e. The molecular formula is C32H42F3N7O2. The highest BCUT2D eigenvalue weighted by Gasteiger charge is 2.48. The Labute approximate surface area is 256 Å². The molecule has 0 saturated heterocycles. The molecule has 1 heterocycles. The summed E-state index contributed by atoms with van der Waals surface area (Å²) in [5, 5.41) is 19.5. The molecule has 1 fully saturated rings. The molecule has 1 aliphatic heterocycles. The Balaban J connectivity index is 1.60. The van der Waals surface area contributed by atoms with Gasteiger partial charge in [0, 0.05) is 24.4 Å². The Morgan fingerprint density at radius 3 is 2.25 bits per heavy atom. The Morgan fingerprint density at radius 1 is 1.07 bits per heavy atom. The molecule has 1 spiro atoms. The Morgan fingerprint density at radius 2 is 1.68 bits per heavy atom. The zero-order valence-electron chi connectivity index (χ0n) is 25.5. The molecule has 5 N–H and O–H groups in total. The third-order valence-electron chi connectivity index (χ3n) is 8.51. The van der Waals surface area contributed by atoms with Crippen LogP contribution in [0.1, 0.15) is 100 Å². The lowest BCUT2D eigenvalue weighted by molar-refractivity contribution is -0.137. The van der Waals surface area contributed by atoms with Crippen molar-refractivity contribution in [2.75, 3.05) is 13.1 Å². The summed E-state index contributed by atoms with van der Waals surface area (Å²) in [6.45, 7) is 6.44. The number of halogens is 3. The van der Waals surface area contributed by atoms with Crippen LogP contribution in [-0.2, 0) is 10.2 Å². The molecule has 9 nitrogen and oxygen atoms in total. The van der Waals surface area contributed by atoms with Gasteiger partial charge in [-0.15, -0.1) is 5.10 Å². The second-order valence-corrected chi connectivity index (χ2v) is 12.7. The van der Waals surface area contributed by atoms with Crippen LogP contribution in [0, 0.1) is 5.53 Å². The van der Waals surface area contributed by atoms with E-state index in [4.69, 9.17) is 16.3 Å². The van der Waals surface area contributed by atoms with Crippen LogP contribution >= 0.6 is 0 Å². The van der Waals surface area contributed by atoms with Crippen molar-refractivity contribution in [3.05, 3.63) is 70.8 Å². The van der Waals surface area contributed by atoms with Gasteiger partial charge in [-0.3, -0.25) is 15.1 Å². The lowest BCUT2D eigenvalue weighted by atomic mass is 9.86. The summed E-state index contributed by atoms with van der Waals surface area (Å²) in [6.07, 6.45) is -2.50. The minimum absolute atomic E-state index is 0.0140. The first-order valence-electron chi connectivity index (χ1n) is 15.0. The summed E-state index contributed by atoms with van der Waals surface area (Å²) < 4.78 is 40.4. The van der Waals surface area contributed by atoms with Gasteiger partial charge in [0.25, 0.3) is 5.91 Å². The number of aliphatic hydroxyl groups is 1. The summed E-state index contributed by atoms with van der Waals surface area (Å²) in [5.74, 6) is -0.832. The number of hydrogen-bond donors (Lipinski definition) is 4. The van der Waals surface area contributed by atoms with Gasteiger partial charge in [-0.1, -0.05) is 80.9 Å². The summed E-state index contributed by atoms with van der Waals surface area (Å²) in [7, 11) is 0. The molecule has 44 heavy (non-hydrogen) atoms. The normalized spacial score (nSPS) is 18.8. The maximum absolute atomic E-state index is 14.0. The van der Waals surface area contributed by atoms with Gasteiger partial charge in [-0.25, -0.2) is 0 Å². The van der Waals surface area contributed by atoms with Crippen molar-refractivity contribution in [1.29, 1.82) is 5.53 Å². The lowest BCUT2D eigenvalue weighted by Crippen LogP contribution is -2.49. The van der Waals surface area contributed by atoms with Gasteiger partial charge in [0.2, 0.25) is 0 Å². The first-order valence-corrected chi connectivity index (χ1v) is 15.0. The summed E-state index contributed by atoms with van der Waals surface area (Å²) in [4.78, 5) is 20.8. The molecule has 0 radical (unpaired) electrons. The number of nitrogens with two attached hydrogens (primary N) is 1. The van der Waals surface area contributed by atoms with E-state index >= 15 is 0 Å². The molecule has 2 aliphatic rings. The van der Waals surface area contributed by atoms with E-state index in [9.17, 15) is 23.1 Å². The van der Waals surface area contributed by atoms with Crippen molar-refractivity contribution in [3.63, 3.8) is 0 Å². The van der Waals surface area contributed by atoms with E-state index in [1.807, 2.05) is 24.3 Å². The number of aliphatic imine (C=N–C) groups is 1. The molecule has 2 unspecified atom stereocenters. The van der Waals surface area contributed by atoms with Crippen LogP contribution in [0.15, 0.2) is 63.8 Å². The molecule has 238 valence electrons. The number of carbonyl (C=O) groups excluding carboxylic acids is 1. The van der Waals surface area contributed by atoms with E-state index in [-0.39, 0.29) is 36.7 Å². The predicted octanol–water partition coefficient (Wildman–Crippen LogP) is 6.29. The Hall–Kier alpha value is -3.64. The van der Waals surface area contributed by atoms with Gasteiger partial charge >= 0.3 is 6.18 Å². The molecule has 4 rings (SSSR count). The minimum Gasteiger partial charge on any atom is -0.385 e. The fourth-order valence-electron chi connectivity index (χ4n) is 5.99. The van der Waals surface area contributed by atoms with Crippen molar-refractivity contribution in [2.24, 2.45) is 21.1 Å². The molecule has 12 heteroatoms. The van der Waals surface area contributed by atoms with Gasteiger partial charge < -0.3 is 15.7 Å². The largest absolute Gasteiger partial charge is 0.389 e. The van der Waals surface area contributed by atoms with Crippen LogP contribution in [-0.4, -0.2) is 52.4 Å². The number of nitrogens with one attached hydrogen (secondary N) is 2. The highest BCUT2D eigenvalue weighted by Crippen LogP contribution is 2.42. The van der Waals surface area contributed by atoms with Crippen LogP contribution < -0.4 is 11.1 Å². The summed E-state index contributed by atoms with van der Waals surface area (Å²) in [5.41, 5.74) is 14.8. The predicted molar refractivity (Wildman–Crippen MR) is 163 cm³/mol. The van der Waals surface area contributed by atoms with Crippen molar-refractivity contribution >= 4 is 17.5 Å². The smallest absolute Gasteiger partial charge is 0.385 e. The number of amides is 1. The van der Waals surface area contributed by atoms with Gasteiger partial charge in [0.1, 0.15) is 23.4 Å². The Kier molecular flexibility index (Phi) is 10.2. The van der Waals surface area contributed by atoms with Crippen LogP contribution in [0.4, 0.5) is 13.2 Å². The first-order chi connectivity index (χ1) is 20.7. The lowest BCUT2D eigenvalue weighted by Gasteiger charge is -2.41. The molecule has 2 atom stereocenters. The summed E-state index contributed by atoms with van der Waals surface area (Å²) >= 11 is 0. The fourth-order valence-corrected chi connectivity index (χ4v) is 5.99. The number of hydrogen-bond acceptors (Lipinski definition) is 6. The molecule has 1 saturated carbocycles. The average molecular weight is 614 g/mol. The van der Waals surface area contributed by atoms with Crippen LogP contribution in [0.25, 0.3) is 0 Å². The third kappa shape index (κ3) is 8.09. The molecule has 1 aliphatic carbocycles. The van der Waals surface area contributed by atoms with E-state index in [1.54, 1.807) is 29.2 Å². The van der Waals surface area contributed by atoms with E-state index in [0.29, 0.717) is 29.7 Å². The van der Waals surface area contributed by atoms with E-state index in [1.165, 1.54) is 0 Å². The second kappa shape index (κ2) is 13.6. The zero-order valence-corrected chi connectivity index (χ0v) is 25.5. The van der Waals surface area contributed by atoms with E-state index < -0.39 is 30.4 Å². The monoisotopic (exact) mass is 613 g/mol. The minimum atomic E-state index is -4.35. The Bertz CT molecular complexity index is 1360. The number of benzene rings is 2. The van der Waals surface area contributed by atoms with Gasteiger partial charge in [0.15, 0.2) is 0 Å². The fraction of sp³-hybridized carbons (Fsp3) is 0.531. The average Bonchev–Trinajstić information content (AvgIpc) is 3.23. The van der Waals surface area contributed by atoms with Crippen molar-refractivity contribution in [2.45, 2.75) is 95.1 Å². The third-order valence-corrected chi connectivity index (χ3v) is 8.51. The number of carbonyl (C=O) groups is 1. The molecule has 0 bridgehead atoms. The first kappa shape index (κ1) is 33.3. The number of rotatable bonds is 11. The number of amidine groups is 1. The maximum atomic E-state index is 14.0. The van der Waals surface area contributed by atoms with Crippen molar-refractivity contribution in [1.82, 2.24) is 10.2 Å². The van der Waals surface area contributed by atoms with Crippen LogP contribution in [0.2, 0.25) is 0 Å². The molecular weight excluding hydrogens is 571 g/mol. The number of alkyl halides is 3. The zero-order chi connectivity index (χ0) is 32.1. The topological polar surface area (TPSA) is 140 Å². The number of nitrogens with zero attached hydrogens (tertiary/aromatic N) is 4. The quantitative estimate of drug-likeness (QED) is 0.0778. The number of aliphatic hydroxyl groups excluding tert-OH is 1. The van der Waals surface area contributed by atoms with E-state index in [2.05, 4.69) is 36.4 Å².